The lowest BCUT2D eigenvalue weighted by molar-refractivity contribution is 0.275. The van der Waals surface area contributed by atoms with Crippen LogP contribution in [0.25, 0.3) is 89.7 Å². The number of nitrogens with one attached hydrogen (secondary N) is 2. The van der Waals surface area contributed by atoms with Gasteiger partial charge in [0.05, 0.1) is 13.2 Å². The lowest BCUT2D eigenvalue weighted by Crippen LogP contribution is -2.01. The Morgan fingerprint density at radius 3 is 0.806 bits per heavy atom. The number of ether oxygens (including phenoxy) is 2. The zero-order valence-electron chi connectivity index (χ0n) is 62.2. The SMILES string of the molecule is C=CCCOc1cc2c3nc4nc(nc5[nH]c(nc6nc(nc([nH]3)c2cc1OCCC=C)-c1c(CCCCCCCC)ccc(CCCCCCCC)c1-6)c1c(CCCCCCCC)ccc(CCCCCCCC)c51)-c1c(CCCCCCCC)ccc(CCCCCCCC)c1-4. The van der Waals surface area contributed by atoms with Crippen molar-refractivity contribution in [3.05, 3.63) is 107 Å². The van der Waals surface area contributed by atoms with Crippen LogP contribution in [0.5, 0.6) is 11.5 Å². The predicted molar refractivity (Wildman–Crippen MR) is 419 cm³/mol. The van der Waals surface area contributed by atoms with E-state index in [2.05, 4.69) is 113 Å². The summed E-state index contributed by atoms with van der Waals surface area (Å²) in [5.74, 6) is 4.12. The molecule has 0 unspecified atom stereocenters. The van der Waals surface area contributed by atoms with Crippen LogP contribution < -0.4 is 9.47 Å². The second-order valence-corrected chi connectivity index (χ2v) is 28.8. The molecule has 2 N–H and O–H groups in total. The number of aryl methyl sites for hydroxylation is 6. The fourth-order valence-electron chi connectivity index (χ4n) is 15.1. The molecule has 2 aliphatic rings. The van der Waals surface area contributed by atoms with E-state index >= 15 is 0 Å². The van der Waals surface area contributed by atoms with Crippen LogP contribution in [0.2, 0.25) is 0 Å². The van der Waals surface area contributed by atoms with Gasteiger partial charge in [0, 0.05) is 43.8 Å². The first-order valence-corrected chi connectivity index (χ1v) is 40.3. The summed E-state index contributed by atoms with van der Waals surface area (Å²) >= 11 is 0. The Morgan fingerprint density at radius 1 is 0.296 bits per heavy atom. The molecule has 4 aromatic carbocycles. The third-order valence-electron chi connectivity index (χ3n) is 20.8. The van der Waals surface area contributed by atoms with Gasteiger partial charge in [-0.15, -0.1) is 13.2 Å². The lowest BCUT2D eigenvalue weighted by atomic mass is 9.91. The average molecular weight is 1330 g/mol. The number of fused-ring (bicyclic) bond motifs is 20. The normalized spacial score (nSPS) is 11.9. The Balaban J connectivity index is 1.41. The number of hydrogen-bond acceptors (Lipinski definition) is 8. The number of H-pyrrole nitrogens is 2. The van der Waals surface area contributed by atoms with Crippen molar-refractivity contribution in [2.45, 2.75) is 324 Å². The topological polar surface area (TPSA) is 127 Å². The largest absolute Gasteiger partial charge is 0.489 e. The minimum absolute atomic E-state index is 0.457. The van der Waals surface area contributed by atoms with E-state index in [1.54, 1.807) is 0 Å². The molecule has 530 valence electrons. The standard InChI is InChI=1S/C88H126N8O2/c1-9-17-25-31-37-43-49-65-55-57-67(51-45-39-33-27-19-11-3)77-75(65)83-90-81-71-63-73(97-61-23-15-7)74(98-62-24-16-8)64-72(71)82(89-81)91-84-76-66(50-44-38-32-26-18-10-2)56-58-68(52-46-40-34-28-20-12-4)78(76)86(93-84)95-88-80-70(54-48-42-36-30-22-14-6)60-59-69(53-47-41-35-29-21-13-5)79(80)87(96-88)94-85(77)92-83/h15-16,55-60,63-64H,7-14,17-54,61-62H2,1-6H3,(H2,89,90,91,92,93,94,95,96). The third kappa shape index (κ3) is 21.0. The van der Waals surface area contributed by atoms with Crippen molar-refractivity contribution in [3.8, 4) is 57.1 Å². The van der Waals surface area contributed by atoms with Crippen LogP contribution >= 0.6 is 0 Å². The van der Waals surface area contributed by atoms with Gasteiger partial charge in [0.1, 0.15) is 22.6 Å². The van der Waals surface area contributed by atoms with E-state index in [1.807, 2.05) is 12.2 Å². The van der Waals surface area contributed by atoms with Gasteiger partial charge in [-0.2, -0.15) is 0 Å². The summed E-state index contributed by atoms with van der Waals surface area (Å²) in [7, 11) is 0. The van der Waals surface area contributed by atoms with Crippen LogP contribution in [0.1, 0.15) is 319 Å². The van der Waals surface area contributed by atoms with Crippen LogP contribution in [0.15, 0.2) is 73.8 Å². The molecule has 0 aliphatic carbocycles. The van der Waals surface area contributed by atoms with Gasteiger partial charge in [-0.05, 0) is 135 Å². The summed E-state index contributed by atoms with van der Waals surface area (Å²) in [6.07, 6.45) is 55.0. The quantitative estimate of drug-likeness (QED) is 0.0285. The highest BCUT2D eigenvalue weighted by atomic mass is 16.5. The van der Waals surface area contributed by atoms with E-state index in [4.69, 9.17) is 39.4 Å². The summed E-state index contributed by atoms with van der Waals surface area (Å²) in [5, 5.41) is 4.13. The lowest BCUT2D eigenvalue weighted by Gasteiger charge is -2.14. The first-order chi connectivity index (χ1) is 48.4. The predicted octanol–water partition coefficient (Wildman–Crippen LogP) is 26.2. The van der Waals surface area contributed by atoms with Gasteiger partial charge in [-0.1, -0.05) is 283 Å². The monoisotopic (exact) mass is 1330 g/mol. The smallest absolute Gasteiger partial charge is 0.165 e. The maximum Gasteiger partial charge on any atom is 0.165 e. The molecule has 0 fully saturated rings. The second kappa shape index (κ2) is 41.8. The molecule has 10 heteroatoms. The van der Waals surface area contributed by atoms with Gasteiger partial charge in [0.2, 0.25) is 0 Å². The first-order valence-electron chi connectivity index (χ1n) is 40.3. The van der Waals surface area contributed by atoms with Gasteiger partial charge in [-0.3, -0.25) is 0 Å². The summed E-state index contributed by atoms with van der Waals surface area (Å²) in [5.41, 5.74) is 15.3. The van der Waals surface area contributed by atoms with Crippen LogP contribution in [0, 0.1) is 0 Å². The molecule has 10 nitrogen and oxygen atoms in total. The Hall–Kier alpha value is -6.68. The molecule has 7 aromatic rings. The van der Waals surface area contributed by atoms with E-state index in [-0.39, 0.29) is 0 Å². The number of unbranched alkanes of at least 4 members (excludes halogenated alkanes) is 30. The number of rotatable bonds is 50. The van der Waals surface area contributed by atoms with E-state index in [0.717, 1.165) is 133 Å². The molecule has 0 amide bonds. The molecular weight excluding hydrogens is 1200 g/mol. The Morgan fingerprint density at radius 2 is 0.531 bits per heavy atom. The van der Waals surface area contributed by atoms with Crippen molar-refractivity contribution in [1.82, 2.24) is 39.9 Å². The molecule has 98 heavy (non-hydrogen) atoms. The van der Waals surface area contributed by atoms with Crippen molar-refractivity contribution in [2.24, 2.45) is 0 Å². The molecule has 0 atom stereocenters. The number of nitrogens with zero attached hydrogens (tertiary/aromatic N) is 6. The Kier molecular flexibility index (Phi) is 32.2. The zero-order chi connectivity index (χ0) is 68.5. The van der Waals surface area contributed by atoms with Gasteiger partial charge in [0.15, 0.2) is 34.8 Å². The van der Waals surface area contributed by atoms with Gasteiger partial charge in [0.25, 0.3) is 0 Å². The van der Waals surface area contributed by atoms with Crippen molar-refractivity contribution < 1.29 is 9.47 Å². The first kappa shape index (κ1) is 75.5. The average Bonchev–Trinajstić information content (AvgIpc) is 1.58. The number of aromatic amines is 2. The Labute approximate surface area is 591 Å². The number of benzene rings is 4. The number of aromatic nitrogens is 8. The molecular formula is C88H126N8O2. The molecule has 8 bridgehead atoms. The highest BCUT2D eigenvalue weighted by molar-refractivity contribution is 6.09. The minimum atomic E-state index is 0.457. The van der Waals surface area contributed by atoms with Crippen molar-refractivity contribution >= 4 is 44.1 Å². The molecule has 2 aliphatic heterocycles. The maximum absolute atomic E-state index is 6.66. The third-order valence-corrected chi connectivity index (χ3v) is 20.8. The fraction of sp³-hybridized carbons (Fsp3) is 0.591. The summed E-state index contributed by atoms with van der Waals surface area (Å²) < 4.78 is 13.3. The zero-order valence-corrected chi connectivity index (χ0v) is 62.2. The highest BCUT2D eigenvalue weighted by Gasteiger charge is 2.30. The maximum atomic E-state index is 6.66. The molecule has 0 saturated heterocycles. The molecule has 9 rings (SSSR count). The van der Waals surface area contributed by atoms with E-state index in [1.165, 1.54) is 237 Å². The van der Waals surface area contributed by atoms with E-state index < -0.39 is 0 Å². The van der Waals surface area contributed by atoms with Crippen LogP contribution in [0.3, 0.4) is 0 Å². The fourth-order valence-corrected chi connectivity index (χ4v) is 15.1. The second-order valence-electron chi connectivity index (χ2n) is 28.8. The van der Waals surface area contributed by atoms with E-state index in [0.29, 0.717) is 60.5 Å². The van der Waals surface area contributed by atoms with Crippen LogP contribution in [-0.4, -0.2) is 53.1 Å². The summed E-state index contributed by atoms with van der Waals surface area (Å²) in [6, 6.07) is 18.8. The van der Waals surface area contributed by atoms with Gasteiger partial charge in [-0.25, -0.2) is 29.9 Å². The minimum Gasteiger partial charge on any atom is -0.489 e. The Bertz CT molecular complexity index is 3540. The molecule has 3 aromatic heterocycles. The van der Waals surface area contributed by atoms with E-state index in [9.17, 15) is 0 Å². The number of hydrogen-bond donors (Lipinski definition) is 2. The molecule has 0 spiro atoms. The van der Waals surface area contributed by atoms with Crippen molar-refractivity contribution in [3.63, 3.8) is 0 Å². The highest BCUT2D eigenvalue weighted by Crippen LogP contribution is 2.45. The molecule has 0 saturated carbocycles. The van der Waals surface area contributed by atoms with Gasteiger partial charge < -0.3 is 19.4 Å². The van der Waals surface area contributed by atoms with Gasteiger partial charge >= 0.3 is 0 Å². The van der Waals surface area contributed by atoms with Crippen molar-refractivity contribution in [2.75, 3.05) is 13.2 Å². The molecule has 5 heterocycles. The van der Waals surface area contributed by atoms with Crippen LogP contribution in [-0.2, 0) is 38.5 Å². The molecule has 0 radical (unpaired) electrons. The summed E-state index contributed by atoms with van der Waals surface area (Å²) in [6.45, 7) is 22.8. The summed E-state index contributed by atoms with van der Waals surface area (Å²) in [4.78, 5) is 43.4. The van der Waals surface area contributed by atoms with Crippen LogP contribution in [0.4, 0.5) is 0 Å². The van der Waals surface area contributed by atoms with Crippen molar-refractivity contribution in [1.29, 1.82) is 0 Å².